The zero-order valence-corrected chi connectivity index (χ0v) is 17.8. The van der Waals surface area contributed by atoms with E-state index in [0.29, 0.717) is 19.8 Å². The fraction of sp³-hybridized carbons (Fsp3) is 0.417. The van der Waals surface area contributed by atoms with Crippen LogP contribution in [0.15, 0.2) is 55.1 Å². The first-order valence-electron chi connectivity index (χ1n) is 10.3. The third kappa shape index (κ3) is 5.83. The summed E-state index contributed by atoms with van der Waals surface area (Å²) in [5.74, 6) is 0.874. The molecule has 0 saturated carbocycles. The monoisotopic (exact) mass is 415 g/mol. The van der Waals surface area contributed by atoms with Crippen LogP contribution in [-0.2, 0) is 11.2 Å². The number of benzene rings is 2. The van der Waals surface area contributed by atoms with Gasteiger partial charge in [-0.15, -0.1) is 6.58 Å². The van der Waals surface area contributed by atoms with E-state index in [2.05, 4.69) is 24.8 Å². The van der Waals surface area contributed by atoms with Crippen LogP contribution < -0.4 is 4.74 Å². The molecule has 29 heavy (non-hydrogen) atoms. The molecule has 0 amide bonds. The molecule has 1 aliphatic heterocycles. The van der Waals surface area contributed by atoms with E-state index in [0.717, 1.165) is 47.6 Å². The van der Waals surface area contributed by atoms with Gasteiger partial charge in [-0.25, -0.2) is 0 Å². The van der Waals surface area contributed by atoms with Gasteiger partial charge in [0, 0.05) is 5.02 Å². The standard InChI is InChI=1S/C24H30ClNO3/c1-3-14-28-17-21-6-5-7-24(26(21)27)19-10-13-23(25)20(16-19)15-18-8-11-22(12-9-18)29-4-2/h3,8-13,16,21,24,27H,1,4-7,14-15,17H2,2H3. The topological polar surface area (TPSA) is 41.9 Å². The van der Waals surface area contributed by atoms with E-state index in [-0.39, 0.29) is 12.1 Å². The molecule has 1 saturated heterocycles. The Morgan fingerprint density at radius 1 is 1.21 bits per heavy atom. The van der Waals surface area contributed by atoms with Gasteiger partial charge < -0.3 is 14.7 Å². The van der Waals surface area contributed by atoms with Gasteiger partial charge in [-0.3, -0.25) is 0 Å². The lowest BCUT2D eigenvalue weighted by atomic mass is 9.91. The first-order valence-corrected chi connectivity index (χ1v) is 10.7. The Bertz CT molecular complexity index is 793. The first-order chi connectivity index (χ1) is 14.1. The van der Waals surface area contributed by atoms with Crippen LogP contribution in [0, 0.1) is 0 Å². The highest BCUT2D eigenvalue weighted by Gasteiger charge is 2.31. The maximum atomic E-state index is 10.8. The Balaban J connectivity index is 1.73. The molecule has 2 aromatic rings. The third-order valence-electron chi connectivity index (χ3n) is 5.34. The van der Waals surface area contributed by atoms with Crippen molar-refractivity contribution >= 4 is 11.6 Å². The lowest BCUT2D eigenvalue weighted by Crippen LogP contribution is -2.42. The normalized spacial score (nSPS) is 19.8. The predicted octanol–water partition coefficient (Wildman–Crippen LogP) is 5.82. The van der Waals surface area contributed by atoms with E-state index in [9.17, 15) is 5.21 Å². The van der Waals surface area contributed by atoms with E-state index < -0.39 is 0 Å². The molecule has 0 radical (unpaired) electrons. The van der Waals surface area contributed by atoms with Crippen LogP contribution >= 0.6 is 11.6 Å². The Morgan fingerprint density at radius 3 is 2.72 bits per heavy atom. The number of ether oxygens (including phenoxy) is 2. The zero-order valence-electron chi connectivity index (χ0n) is 17.0. The van der Waals surface area contributed by atoms with Gasteiger partial charge >= 0.3 is 0 Å². The summed E-state index contributed by atoms with van der Waals surface area (Å²) in [5, 5.41) is 13.0. The second-order valence-corrected chi connectivity index (χ2v) is 7.82. The highest BCUT2D eigenvalue weighted by molar-refractivity contribution is 6.31. The van der Waals surface area contributed by atoms with Crippen LogP contribution in [0.2, 0.25) is 5.02 Å². The van der Waals surface area contributed by atoms with E-state index in [1.807, 2.05) is 31.2 Å². The van der Waals surface area contributed by atoms with Gasteiger partial charge in [-0.05, 0) is 67.5 Å². The largest absolute Gasteiger partial charge is 0.494 e. The Labute approximate surface area is 178 Å². The Morgan fingerprint density at radius 2 is 2.00 bits per heavy atom. The van der Waals surface area contributed by atoms with E-state index in [4.69, 9.17) is 21.1 Å². The summed E-state index contributed by atoms with van der Waals surface area (Å²) in [7, 11) is 0. The van der Waals surface area contributed by atoms with Gasteiger partial charge in [0.2, 0.25) is 0 Å². The number of hydrogen-bond acceptors (Lipinski definition) is 4. The fourth-order valence-corrected chi connectivity index (χ4v) is 4.04. The van der Waals surface area contributed by atoms with E-state index >= 15 is 0 Å². The number of rotatable bonds is 9. The maximum absolute atomic E-state index is 10.8. The van der Waals surface area contributed by atoms with Gasteiger partial charge in [0.25, 0.3) is 0 Å². The summed E-state index contributed by atoms with van der Waals surface area (Å²) in [4.78, 5) is 0. The summed E-state index contributed by atoms with van der Waals surface area (Å²) in [6, 6.07) is 14.1. The van der Waals surface area contributed by atoms with Crippen molar-refractivity contribution in [3.63, 3.8) is 0 Å². The fourth-order valence-electron chi connectivity index (χ4n) is 3.86. The summed E-state index contributed by atoms with van der Waals surface area (Å²) >= 11 is 6.49. The minimum absolute atomic E-state index is 0.000983. The number of halogens is 1. The van der Waals surface area contributed by atoms with Crippen molar-refractivity contribution in [1.29, 1.82) is 0 Å². The lowest BCUT2D eigenvalue weighted by Gasteiger charge is -2.37. The van der Waals surface area contributed by atoms with Crippen LogP contribution in [-0.4, -0.2) is 36.1 Å². The molecule has 4 nitrogen and oxygen atoms in total. The Kier molecular flexibility index (Phi) is 8.13. The quantitative estimate of drug-likeness (QED) is 0.414. The van der Waals surface area contributed by atoms with Gasteiger partial charge in [0.05, 0.1) is 31.9 Å². The van der Waals surface area contributed by atoms with Gasteiger partial charge in [0.1, 0.15) is 5.75 Å². The molecule has 1 aliphatic rings. The zero-order chi connectivity index (χ0) is 20.6. The lowest BCUT2D eigenvalue weighted by molar-refractivity contribution is -0.191. The van der Waals surface area contributed by atoms with Gasteiger partial charge in [-0.1, -0.05) is 41.9 Å². The van der Waals surface area contributed by atoms with Crippen LogP contribution in [0.5, 0.6) is 5.75 Å². The van der Waals surface area contributed by atoms with E-state index in [1.165, 1.54) is 10.6 Å². The minimum atomic E-state index is -0.0440. The molecule has 1 fully saturated rings. The molecule has 0 aromatic heterocycles. The van der Waals surface area contributed by atoms with Crippen molar-refractivity contribution in [2.45, 2.75) is 44.7 Å². The molecule has 1 heterocycles. The van der Waals surface area contributed by atoms with Crippen molar-refractivity contribution in [2.75, 3.05) is 19.8 Å². The molecule has 2 atom stereocenters. The van der Waals surface area contributed by atoms with Crippen LogP contribution in [0.3, 0.4) is 0 Å². The number of piperidine rings is 1. The average molecular weight is 416 g/mol. The third-order valence-corrected chi connectivity index (χ3v) is 5.71. The number of hydrogen-bond donors (Lipinski definition) is 1. The molecule has 0 aliphatic carbocycles. The highest BCUT2D eigenvalue weighted by Crippen LogP contribution is 2.35. The highest BCUT2D eigenvalue weighted by atomic mass is 35.5. The number of hydroxylamine groups is 2. The van der Waals surface area contributed by atoms with Crippen LogP contribution in [0.25, 0.3) is 0 Å². The van der Waals surface area contributed by atoms with E-state index in [1.54, 1.807) is 6.08 Å². The van der Waals surface area contributed by atoms with Gasteiger partial charge in [-0.2, -0.15) is 5.06 Å². The molecule has 156 valence electrons. The molecule has 1 N–H and O–H groups in total. The second-order valence-electron chi connectivity index (χ2n) is 7.41. The van der Waals surface area contributed by atoms with Crippen LogP contribution in [0.1, 0.15) is 48.9 Å². The smallest absolute Gasteiger partial charge is 0.119 e. The van der Waals surface area contributed by atoms with Crippen LogP contribution in [0.4, 0.5) is 0 Å². The predicted molar refractivity (Wildman–Crippen MR) is 117 cm³/mol. The molecule has 0 bridgehead atoms. The SMILES string of the molecule is C=CCOCC1CCCC(c2ccc(Cl)c(Cc3ccc(OCC)cc3)c2)N1O. The molecular formula is C24H30ClNO3. The summed E-state index contributed by atoms with van der Waals surface area (Å²) < 4.78 is 11.1. The summed E-state index contributed by atoms with van der Waals surface area (Å²) in [6.07, 6.45) is 5.37. The molecule has 3 rings (SSSR count). The first kappa shape index (κ1) is 21.8. The second kappa shape index (κ2) is 10.8. The molecule has 2 aromatic carbocycles. The minimum Gasteiger partial charge on any atom is -0.494 e. The average Bonchev–Trinajstić information content (AvgIpc) is 2.73. The van der Waals surface area contributed by atoms with Crippen molar-refractivity contribution in [2.24, 2.45) is 0 Å². The molecular weight excluding hydrogens is 386 g/mol. The number of nitrogens with zero attached hydrogens (tertiary/aromatic N) is 1. The van der Waals surface area contributed by atoms with Gasteiger partial charge in [0.15, 0.2) is 0 Å². The van der Waals surface area contributed by atoms with Crippen molar-refractivity contribution in [3.8, 4) is 5.75 Å². The maximum Gasteiger partial charge on any atom is 0.119 e. The Hall–Kier alpha value is -1.85. The molecule has 2 unspecified atom stereocenters. The molecule has 5 heteroatoms. The van der Waals surface area contributed by atoms with Crippen molar-refractivity contribution in [3.05, 3.63) is 76.8 Å². The summed E-state index contributed by atoms with van der Waals surface area (Å²) in [6.45, 7) is 7.31. The summed E-state index contributed by atoms with van der Waals surface area (Å²) in [5.41, 5.74) is 3.32. The molecule has 0 spiro atoms. The van der Waals surface area contributed by atoms with Crippen molar-refractivity contribution in [1.82, 2.24) is 5.06 Å². The van der Waals surface area contributed by atoms with Crippen molar-refractivity contribution < 1.29 is 14.7 Å².